The molecule has 1 rings (SSSR count). The molecule has 2 N–H and O–H groups in total. The van der Waals surface area contributed by atoms with Crippen molar-refractivity contribution in [1.82, 2.24) is 0 Å². The van der Waals surface area contributed by atoms with Gasteiger partial charge in [0.15, 0.2) is 0 Å². The van der Waals surface area contributed by atoms with E-state index in [2.05, 4.69) is 13.8 Å². The molecule has 0 radical (unpaired) electrons. The standard InChI is InChI=1S/C32H54O6/c1-9-15-23(13-5)37-29(35)21-31(7,17-11-3)25-19-28(34)26(20-27(25)33)32(8,18-12-4)22-30(36)38-24(14-6)16-10-2/h19-20,23-24,33-34H,9-18,21-22H2,1-8H3. The summed E-state index contributed by atoms with van der Waals surface area (Å²) < 4.78 is 11.5. The third kappa shape index (κ3) is 9.50. The van der Waals surface area contributed by atoms with E-state index >= 15 is 0 Å². The molecule has 0 amide bonds. The van der Waals surface area contributed by atoms with Crippen LogP contribution < -0.4 is 0 Å². The Bertz CT molecular complexity index is 809. The van der Waals surface area contributed by atoms with Crippen molar-refractivity contribution in [3.8, 4) is 11.5 Å². The summed E-state index contributed by atoms with van der Waals surface area (Å²) in [5, 5.41) is 22.5. The number of benzene rings is 1. The minimum absolute atomic E-state index is 0.0234. The summed E-state index contributed by atoms with van der Waals surface area (Å²) in [5.74, 6) is -0.536. The van der Waals surface area contributed by atoms with Gasteiger partial charge in [0.1, 0.15) is 23.7 Å². The Morgan fingerprint density at radius 3 is 1.29 bits per heavy atom. The third-order valence-electron chi connectivity index (χ3n) is 7.82. The monoisotopic (exact) mass is 534 g/mol. The highest BCUT2D eigenvalue weighted by Crippen LogP contribution is 2.46. The average Bonchev–Trinajstić information content (AvgIpc) is 2.84. The smallest absolute Gasteiger partial charge is 0.306 e. The molecule has 4 unspecified atom stereocenters. The molecular weight excluding hydrogens is 480 g/mol. The van der Waals surface area contributed by atoms with Crippen LogP contribution in [0.1, 0.15) is 144 Å². The first-order valence-electron chi connectivity index (χ1n) is 14.9. The van der Waals surface area contributed by atoms with E-state index in [0.29, 0.717) is 24.0 Å². The predicted octanol–water partition coefficient (Wildman–Crippen LogP) is 8.24. The summed E-state index contributed by atoms with van der Waals surface area (Å²) in [5.41, 5.74) is -0.358. The van der Waals surface area contributed by atoms with Crippen molar-refractivity contribution in [3.63, 3.8) is 0 Å². The number of carbonyl (C=O) groups excluding carboxylic acids is 2. The highest BCUT2D eigenvalue weighted by molar-refractivity contribution is 5.73. The fraction of sp³-hybridized carbons (Fsp3) is 0.750. The summed E-state index contributed by atoms with van der Waals surface area (Å²) in [6.45, 7) is 16.1. The van der Waals surface area contributed by atoms with Crippen LogP contribution in [0.15, 0.2) is 12.1 Å². The number of carbonyl (C=O) groups is 2. The van der Waals surface area contributed by atoms with Crippen molar-refractivity contribution >= 4 is 11.9 Å². The molecule has 1 aromatic carbocycles. The van der Waals surface area contributed by atoms with Gasteiger partial charge in [0.2, 0.25) is 0 Å². The van der Waals surface area contributed by atoms with Gasteiger partial charge in [0.05, 0.1) is 12.8 Å². The lowest BCUT2D eigenvalue weighted by molar-refractivity contribution is -0.152. The largest absolute Gasteiger partial charge is 0.508 e. The Kier molecular flexibility index (Phi) is 14.2. The zero-order valence-electron chi connectivity index (χ0n) is 25.3. The second-order valence-corrected chi connectivity index (χ2v) is 11.5. The van der Waals surface area contributed by atoms with Crippen LogP contribution in [0.3, 0.4) is 0 Å². The summed E-state index contributed by atoms with van der Waals surface area (Å²) in [7, 11) is 0. The van der Waals surface area contributed by atoms with Crippen molar-refractivity contribution in [2.75, 3.05) is 0 Å². The van der Waals surface area contributed by atoms with E-state index in [9.17, 15) is 19.8 Å². The molecule has 0 saturated heterocycles. The molecule has 218 valence electrons. The Labute approximate surface area is 231 Å². The lowest BCUT2D eigenvalue weighted by atomic mass is 9.71. The van der Waals surface area contributed by atoms with Gasteiger partial charge >= 0.3 is 11.9 Å². The molecule has 0 aliphatic rings. The lowest BCUT2D eigenvalue weighted by Crippen LogP contribution is -2.31. The van der Waals surface area contributed by atoms with Gasteiger partial charge in [-0.1, -0.05) is 81.1 Å². The maximum Gasteiger partial charge on any atom is 0.306 e. The number of rotatable bonds is 18. The van der Waals surface area contributed by atoms with E-state index in [4.69, 9.17) is 9.47 Å². The van der Waals surface area contributed by atoms with Gasteiger partial charge in [-0.2, -0.15) is 0 Å². The summed E-state index contributed by atoms with van der Waals surface area (Å²) in [6.07, 6.45) is 7.95. The van der Waals surface area contributed by atoms with Crippen molar-refractivity contribution in [2.24, 2.45) is 0 Å². The van der Waals surface area contributed by atoms with E-state index in [1.54, 1.807) is 12.1 Å². The molecule has 0 heterocycles. The van der Waals surface area contributed by atoms with Crippen LogP contribution >= 0.6 is 0 Å². The van der Waals surface area contributed by atoms with Gasteiger partial charge in [-0.25, -0.2) is 0 Å². The van der Waals surface area contributed by atoms with E-state index in [1.165, 1.54) is 0 Å². The molecule has 38 heavy (non-hydrogen) atoms. The molecule has 0 saturated carbocycles. The lowest BCUT2D eigenvalue weighted by Gasteiger charge is -2.34. The van der Waals surface area contributed by atoms with Gasteiger partial charge in [-0.15, -0.1) is 0 Å². The third-order valence-corrected chi connectivity index (χ3v) is 7.82. The minimum Gasteiger partial charge on any atom is -0.508 e. The molecule has 0 bridgehead atoms. The molecule has 0 aliphatic heterocycles. The highest BCUT2D eigenvalue weighted by Gasteiger charge is 2.37. The number of phenols is 2. The normalized spacial score (nSPS) is 16.2. The second-order valence-electron chi connectivity index (χ2n) is 11.5. The highest BCUT2D eigenvalue weighted by atomic mass is 16.5. The number of aromatic hydroxyl groups is 2. The number of hydrogen-bond donors (Lipinski definition) is 2. The molecule has 4 atom stereocenters. The van der Waals surface area contributed by atoms with Crippen LogP contribution in [-0.2, 0) is 29.9 Å². The van der Waals surface area contributed by atoms with Gasteiger partial charge in [0, 0.05) is 22.0 Å². The average molecular weight is 535 g/mol. The van der Waals surface area contributed by atoms with Gasteiger partial charge < -0.3 is 19.7 Å². The van der Waals surface area contributed by atoms with Crippen LogP contribution in [0.25, 0.3) is 0 Å². The molecule has 0 aliphatic carbocycles. The number of esters is 2. The van der Waals surface area contributed by atoms with E-state index in [0.717, 1.165) is 51.4 Å². The quantitative estimate of drug-likeness (QED) is 0.145. The molecule has 0 fully saturated rings. The van der Waals surface area contributed by atoms with Crippen LogP contribution in [0.4, 0.5) is 0 Å². The maximum absolute atomic E-state index is 12.9. The zero-order valence-corrected chi connectivity index (χ0v) is 25.3. The predicted molar refractivity (Wildman–Crippen MR) is 154 cm³/mol. The second kappa shape index (κ2) is 16.0. The fourth-order valence-electron chi connectivity index (χ4n) is 5.71. The summed E-state index contributed by atoms with van der Waals surface area (Å²) in [6, 6.07) is 3.17. The summed E-state index contributed by atoms with van der Waals surface area (Å²) in [4.78, 5) is 25.8. The zero-order chi connectivity index (χ0) is 28.9. The molecule has 1 aromatic rings. The SMILES string of the molecule is CCCC(CC)OC(=O)CC(C)(CCC)c1cc(O)c(C(C)(CCC)CC(=O)OC(CC)CCC)cc1O. The first-order valence-corrected chi connectivity index (χ1v) is 14.9. The Hall–Kier alpha value is -2.24. The number of phenolic OH excluding ortho intramolecular Hbond substituents is 2. The first kappa shape index (κ1) is 33.8. The maximum atomic E-state index is 12.9. The van der Waals surface area contributed by atoms with Gasteiger partial charge in [-0.3, -0.25) is 9.59 Å². The Balaban J connectivity index is 3.34. The van der Waals surface area contributed by atoms with E-state index < -0.39 is 10.8 Å². The number of hydrogen-bond acceptors (Lipinski definition) is 6. The molecule has 6 nitrogen and oxygen atoms in total. The summed E-state index contributed by atoms with van der Waals surface area (Å²) >= 11 is 0. The topological polar surface area (TPSA) is 93.1 Å². The van der Waals surface area contributed by atoms with Crippen LogP contribution in [0.2, 0.25) is 0 Å². The number of ether oxygens (including phenoxy) is 2. The Morgan fingerprint density at radius 1 is 0.684 bits per heavy atom. The van der Waals surface area contributed by atoms with Crippen molar-refractivity contribution < 1.29 is 29.3 Å². The van der Waals surface area contributed by atoms with Crippen LogP contribution in [0.5, 0.6) is 11.5 Å². The van der Waals surface area contributed by atoms with Crippen LogP contribution in [-0.4, -0.2) is 34.4 Å². The van der Waals surface area contributed by atoms with Gasteiger partial charge in [0.25, 0.3) is 0 Å². The van der Waals surface area contributed by atoms with Gasteiger partial charge in [-0.05, 0) is 50.7 Å². The molecule has 6 heteroatoms. The molecule has 0 spiro atoms. The fourth-order valence-corrected chi connectivity index (χ4v) is 5.71. The van der Waals surface area contributed by atoms with E-state index in [-0.39, 0.29) is 48.5 Å². The minimum atomic E-state index is -0.703. The van der Waals surface area contributed by atoms with Crippen molar-refractivity contribution in [2.45, 2.75) is 155 Å². The molecular formula is C32H54O6. The van der Waals surface area contributed by atoms with E-state index in [1.807, 2.05) is 41.5 Å². The molecule has 0 aromatic heterocycles. The van der Waals surface area contributed by atoms with Crippen LogP contribution in [0, 0.1) is 0 Å². The van der Waals surface area contributed by atoms with Crippen molar-refractivity contribution in [1.29, 1.82) is 0 Å². The first-order chi connectivity index (χ1) is 17.9. The Morgan fingerprint density at radius 2 is 1.03 bits per heavy atom. The van der Waals surface area contributed by atoms with Crippen molar-refractivity contribution in [3.05, 3.63) is 23.3 Å².